The lowest BCUT2D eigenvalue weighted by Crippen LogP contribution is -2.35. The van der Waals surface area contributed by atoms with Crippen molar-refractivity contribution < 1.29 is 9.59 Å². The molecule has 0 saturated carbocycles. The quantitative estimate of drug-likeness (QED) is 0.463. The maximum Gasteiger partial charge on any atom is 0.282 e. The van der Waals surface area contributed by atoms with E-state index in [1.54, 1.807) is 0 Å². The van der Waals surface area contributed by atoms with Crippen molar-refractivity contribution in [1.82, 2.24) is 4.90 Å². The Hall–Kier alpha value is -3.86. The predicted molar refractivity (Wildman–Crippen MR) is 139 cm³/mol. The van der Waals surface area contributed by atoms with Gasteiger partial charge < -0.3 is 9.80 Å². The Morgan fingerprint density at radius 1 is 0.824 bits per heavy atom. The lowest BCUT2D eigenvalue weighted by molar-refractivity contribution is -0.120. The third-order valence-corrected chi connectivity index (χ3v) is 6.25. The summed E-state index contributed by atoms with van der Waals surface area (Å²) in [5.74, 6) is -0.563. The molecule has 0 unspecified atom stereocenters. The molecule has 0 radical (unpaired) electrons. The fourth-order valence-electron chi connectivity index (χ4n) is 4.44. The number of benzene rings is 3. The van der Waals surface area contributed by atoms with E-state index in [9.17, 15) is 9.59 Å². The number of carbonyl (C=O) groups excluding carboxylic acids is 2. The topological polar surface area (TPSA) is 43.9 Å². The lowest BCUT2D eigenvalue weighted by Gasteiger charge is -2.25. The summed E-state index contributed by atoms with van der Waals surface area (Å²) in [6.07, 6.45) is 0. The van der Waals surface area contributed by atoms with Gasteiger partial charge in [0.2, 0.25) is 0 Å². The van der Waals surface area contributed by atoms with Crippen LogP contribution >= 0.6 is 0 Å². The molecule has 0 aliphatic carbocycles. The van der Waals surface area contributed by atoms with Crippen LogP contribution in [0, 0.1) is 13.8 Å². The van der Waals surface area contributed by atoms with Crippen LogP contribution in [0.25, 0.3) is 5.57 Å². The third kappa shape index (κ3) is 4.34. The summed E-state index contributed by atoms with van der Waals surface area (Å²) in [5.41, 5.74) is 6.50. The van der Waals surface area contributed by atoms with Crippen molar-refractivity contribution >= 4 is 28.8 Å². The number of likely N-dealkylation sites (N-methyl/N-ethyl adjacent to an activating group) is 1. The van der Waals surface area contributed by atoms with Gasteiger partial charge in [0, 0.05) is 32.9 Å². The van der Waals surface area contributed by atoms with Crippen LogP contribution in [0.3, 0.4) is 0 Å². The van der Waals surface area contributed by atoms with Gasteiger partial charge in [-0.2, -0.15) is 0 Å². The summed E-state index contributed by atoms with van der Waals surface area (Å²) >= 11 is 0. The van der Waals surface area contributed by atoms with Gasteiger partial charge in [-0.1, -0.05) is 54.1 Å². The fourth-order valence-corrected chi connectivity index (χ4v) is 4.44. The maximum atomic E-state index is 13.9. The Labute approximate surface area is 201 Å². The highest BCUT2D eigenvalue weighted by molar-refractivity contribution is 6.45. The summed E-state index contributed by atoms with van der Waals surface area (Å²) in [7, 11) is 3.92. The van der Waals surface area contributed by atoms with Crippen molar-refractivity contribution in [3.63, 3.8) is 0 Å². The molecule has 0 spiro atoms. The van der Waals surface area contributed by atoms with Gasteiger partial charge in [0.05, 0.1) is 11.3 Å². The zero-order chi connectivity index (χ0) is 24.4. The number of carbonyl (C=O) groups is 2. The first-order chi connectivity index (χ1) is 16.3. The van der Waals surface area contributed by atoms with Gasteiger partial charge in [-0.25, -0.2) is 4.90 Å². The van der Waals surface area contributed by atoms with Crippen LogP contribution in [0.4, 0.5) is 11.4 Å². The smallest absolute Gasteiger partial charge is 0.282 e. The lowest BCUT2D eigenvalue weighted by atomic mass is 9.97. The summed E-state index contributed by atoms with van der Waals surface area (Å²) in [6, 6.07) is 23.6. The number of rotatable bonds is 7. The highest BCUT2D eigenvalue weighted by Crippen LogP contribution is 2.37. The highest BCUT2D eigenvalue weighted by Gasteiger charge is 2.42. The molecule has 3 aromatic carbocycles. The molecule has 1 heterocycles. The van der Waals surface area contributed by atoms with E-state index in [2.05, 4.69) is 6.07 Å². The number of aryl methyl sites for hydroxylation is 2. The average molecular weight is 454 g/mol. The molecule has 0 atom stereocenters. The van der Waals surface area contributed by atoms with Gasteiger partial charge in [-0.3, -0.25) is 9.59 Å². The Morgan fingerprint density at radius 3 is 2.09 bits per heavy atom. The van der Waals surface area contributed by atoms with Crippen LogP contribution in [0.15, 0.2) is 78.5 Å². The van der Waals surface area contributed by atoms with Crippen molar-refractivity contribution in [2.24, 2.45) is 0 Å². The predicted octanol–water partition coefficient (Wildman–Crippen LogP) is 5.18. The number of anilines is 2. The van der Waals surface area contributed by atoms with Gasteiger partial charge in [-0.15, -0.1) is 0 Å². The second kappa shape index (κ2) is 9.56. The summed E-state index contributed by atoms with van der Waals surface area (Å²) in [4.78, 5) is 33.1. The number of amides is 2. The van der Waals surface area contributed by atoms with E-state index in [1.807, 2.05) is 111 Å². The normalized spacial score (nSPS) is 13.6. The molecule has 3 aromatic rings. The second-order valence-electron chi connectivity index (χ2n) is 8.90. The first-order valence-corrected chi connectivity index (χ1v) is 11.6. The number of imide groups is 1. The van der Waals surface area contributed by atoms with Crippen LogP contribution in [0.1, 0.15) is 29.2 Å². The van der Waals surface area contributed by atoms with Gasteiger partial charge >= 0.3 is 0 Å². The molecule has 0 N–H and O–H groups in total. The van der Waals surface area contributed by atoms with Crippen molar-refractivity contribution in [3.8, 4) is 0 Å². The Morgan fingerprint density at radius 2 is 1.50 bits per heavy atom. The molecule has 1 aliphatic heterocycles. The Kier molecular flexibility index (Phi) is 6.55. The molecule has 2 amide bonds. The van der Waals surface area contributed by atoms with E-state index in [1.165, 1.54) is 4.90 Å². The van der Waals surface area contributed by atoms with E-state index in [0.29, 0.717) is 30.0 Å². The minimum absolute atomic E-state index is 0.281. The summed E-state index contributed by atoms with van der Waals surface area (Å²) in [5, 5.41) is 0. The SMILES string of the molecule is CCN(Cc1ccccc1)C1=C(c2ccc(C)cc2C)C(=O)N(c2ccc(N(C)C)cc2)C1=O. The third-order valence-electron chi connectivity index (χ3n) is 6.25. The molecule has 1 aliphatic rings. The van der Waals surface area contributed by atoms with Crippen LogP contribution in [-0.2, 0) is 16.1 Å². The van der Waals surface area contributed by atoms with Gasteiger partial charge in [0.1, 0.15) is 5.70 Å². The zero-order valence-corrected chi connectivity index (χ0v) is 20.5. The van der Waals surface area contributed by atoms with E-state index < -0.39 is 0 Å². The molecule has 5 nitrogen and oxygen atoms in total. The standard InChI is InChI=1S/C29H31N3O2/c1-6-31(19-22-10-8-7-9-11-22)27-26(25-17-12-20(2)18-21(25)3)28(33)32(29(27)34)24-15-13-23(14-16-24)30(4)5/h7-18H,6,19H2,1-5H3. The molecule has 174 valence electrons. The molecule has 0 fully saturated rings. The van der Waals surface area contributed by atoms with Crippen molar-refractivity contribution in [2.75, 3.05) is 30.4 Å². The van der Waals surface area contributed by atoms with E-state index >= 15 is 0 Å². The van der Waals surface area contributed by atoms with Gasteiger partial charge in [-0.05, 0) is 61.7 Å². The summed E-state index contributed by atoms with van der Waals surface area (Å²) in [6.45, 7) is 7.19. The van der Waals surface area contributed by atoms with Crippen LogP contribution in [-0.4, -0.2) is 37.4 Å². The van der Waals surface area contributed by atoms with Crippen LogP contribution in [0.2, 0.25) is 0 Å². The Balaban J connectivity index is 1.83. The summed E-state index contributed by atoms with van der Waals surface area (Å²) < 4.78 is 0. The van der Waals surface area contributed by atoms with E-state index in [4.69, 9.17) is 0 Å². The number of hydrogen-bond acceptors (Lipinski definition) is 4. The number of hydrogen-bond donors (Lipinski definition) is 0. The van der Waals surface area contributed by atoms with Crippen LogP contribution < -0.4 is 9.80 Å². The number of nitrogens with zero attached hydrogens (tertiary/aromatic N) is 3. The second-order valence-corrected chi connectivity index (χ2v) is 8.90. The Bertz CT molecular complexity index is 1240. The molecular formula is C29H31N3O2. The molecule has 5 heteroatoms. The molecule has 0 bridgehead atoms. The molecule has 0 aromatic heterocycles. The van der Waals surface area contributed by atoms with Crippen molar-refractivity contribution in [2.45, 2.75) is 27.3 Å². The highest BCUT2D eigenvalue weighted by atomic mass is 16.2. The van der Waals surface area contributed by atoms with Gasteiger partial charge in [0.25, 0.3) is 11.8 Å². The average Bonchev–Trinajstić information content (AvgIpc) is 3.08. The first-order valence-electron chi connectivity index (χ1n) is 11.6. The maximum absolute atomic E-state index is 13.9. The zero-order valence-electron chi connectivity index (χ0n) is 20.5. The monoisotopic (exact) mass is 453 g/mol. The molecular weight excluding hydrogens is 422 g/mol. The first kappa shape index (κ1) is 23.3. The fraction of sp³-hybridized carbons (Fsp3) is 0.241. The largest absolute Gasteiger partial charge is 0.378 e. The molecule has 34 heavy (non-hydrogen) atoms. The minimum atomic E-state index is -0.282. The van der Waals surface area contributed by atoms with Crippen LogP contribution in [0.5, 0.6) is 0 Å². The minimum Gasteiger partial charge on any atom is -0.378 e. The van der Waals surface area contributed by atoms with Gasteiger partial charge in [0.15, 0.2) is 0 Å². The molecule has 0 saturated heterocycles. The van der Waals surface area contributed by atoms with E-state index in [-0.39, 0.29) is 11.8 Å². The van der Waals surface area contributed by atoms with E-state index in [0.717, 1.165) is 27.9 Å². The van der Waals surface area contributed by atoms with Crippen molar-refractivity contribution in [3.05, 3.63) is 101 Å². The van der Waals surface area contributed by atoms with Crippen molar-refractivity contribution in [1.29, 1.82) is 0 Å². The molecule has 4 rings (SSSR count).